The van der Waals surface area contributed by atoms with E-state index in [4.69, 9.17) is 9.47 Å². The number of rotatable bonds is 4. The minimum absolute atomic E-state index is 0.00710. The number of esters is 1. The number of morpholine rings is 1. The second-order valence-electron chi connectivity index (χ2n) is 4.41. The van der Waals surface area contributed by atoms with Gasteiger partial charge in [0, 0.05) is 25.4 Å². The third kappa shape index (κ3) is 3.90. The molecule has 1 aliphatic rings. The van der Waals surface area contributed by atoms with Gasteiger partial charge in [-0.25, -0.2) is 9.78 Å². The van der Waals surface area contributed by atoms with Gasteiger partial charge in [0.2, 0.25) is 5.88 Å². The van der Waals surface area contributed by atoms with E-state index in [0.29, 0.717) is 18.1 Å². The van der Waals surface area contributed by atoms with E-state index in [0.717, 1.165) is 13.1 Å². The Bertz CT molecular complexity index is 438. The van der Waals surface area contributed by atoms with Gasteiger partial charge in [0.15, 0.2) is 0 Å². The van der Waals surface area contributed by atoms with Gasteiger partial charge in [0.1, 0.15) is 12.7 Å². The lowest BCUT2D eigenvalue weighted by molar-refractivity contribution is -0.0476. The molecule has 1 N–H and O–H groups in total. The molecule has 1 aromatic heterocycles. The molecule has 19 heavy (non-hydrogen) atoms. The van der Waals surface area contributed by atoms with E-state index < -0.39 is 5.97 Å². The Hall–Kier alpha value is -1.66. The van der Waals surface area contributed by atoms with E-state index in [-0.39, 0.29) is 12.2 Å². The van der Waals surface area contributed by atoms with Crippen LogP contribution in [0.2, 0.25) is 0 Å². The number of hydrogen-bond donors (Lipinski definition) is 1. The average molecular weight is 266 g/mol. The van der Waals surface area contributed by atoms with E-state index >= 15 is 0 Å². The first-order valence-corrected chi connectivity index (χ1v) is 6.22. The van der Waals surface area contributed by atoms with E-state index in [1.807, 2.05) is 6.92 Å². The first kappa shape index (κ1) is 13.8. The zero-order valence-corrected chi connectivity index (χ0v) is 11.1. The number of hydrogen-bond acceptors (Lipinski definition) is 6. The van der Waals surface area contributed by atoms with Crippen LogP contribution >= 0.6 is 0 Å². The van der Waals surface area contributed by atoms with Gasteiger partial charge in [-0.05, 0) is 13.0 Å². The van der Waals surface area contributed by atoms with Crippen molar-refractivity contribution in [3.63, 3.8) is 0 Å². The summed E-state index contributed by atoms with van der Waals surface area (Å²) in [6.45, 7) is 4.01. The number of carbonyl (C=O) groups excluding carboxylic acids is 1. The first-order valence-electron chi connectivity index (χ1n) is 6.22. The Morgan fingerprint density at radius 1 is 1.58 bits per heavy atom. The van der Waals surface area contributed by atoms with Crippen molar-refractivity contribution in [1.29, 1.82) is 0 Å². The molecular formula is C13H18N2O4. The van der Waals surface area contributed by atoms with E-state index in [9.17, 15) is 4.79 Å². The molecule has 6 heteroatoms. The summed E-state index contributed by atoms with van der Waals surface area (Å²) in [7, 11) is 1.34. The minimum Gasteiger partial charge on any atom is -0.475 e. The van der Waals surface area contributed by atoms with E-state index in [1.54, 1.807) is 12.1 Å². The van der Waals surface area contributed by atoms with Gasteiger partial charge in [-0.2, -0.15) is 0 Å². The Balaban J connectivity index is 1.90. The van der Waals surface area contributed by atoms with Gasteiger partial charge < -0.3 is 19.5 Å². The molecule has 6 nitrogen and oxygen atoms in total. The zero-order valence-electron chi connectivity index (χ0n) is 11.1. The molecule has 1 saturated heterocycles. The van der Waals surface area contributed by atoms with Crippen LogP contribution in [0, 0.1) is 0 Å². The zero-order chi connectivity index (χ0) is 13.7. The third-order valence-corrected chi connectivity index (χ3v) is 2.80. The summed E-state index contributed by atoms with van der Waals surface area (Å²) >= 11 is 0. The lowest BCUT2D eigenvalue weighted by Crippen LogP contribution is -2.45. The highest BCUT2D eigenvalue weighted by Crippen LogP contribution is 2.12. The molecule has 1 aromatic rings. The number of methoxy groups -OCH3 is 1. The number of ether oxygens (including phenoxy) is 3. The molecule has 2 unspecified atom stereocenters. The van der Waals surface area contributed by atoms with Crippen molar-refractivity contribution in [3.8, 4) is 5.88 Å². The van der Waals surface area contributed by atoms with Crippen LogP contribution in [0.5, 0.6) is 5.88 Å². The maximum atomic E-state index is 11.4. The van der Waals surface area contributed by atoms with Gasteiger partial charge in [-0.1, -0.05) is 0 Å². The average Bonchev–Trinajstić information content (AvgIpc) is 2.45. The van der Waals surface area contributed by atoms with Crippen molar-refractivity contribution < 1.29 is 19.0 Å². The SMILES string of the molecule is COC(=O)c1ccnc(OCC2CNCC(C)O2)c1. The lowest BCUT2D eigenvalue weighted by atomic mass is 10.2. The standard InChI is InChI=1S/C13H18N2O4/c1-9-6-14-7-11(19-9)8-18-12-5-10(3-4-15-12)13(16)17-2/h3-5,9,11,14H,6-8H2,1-2H3. The summed E-state index contributed by atoms with van der Waals surface area (Å²) in [5.74, 6) is -0.0128. The monoisotopic (exact) mass is 266 g/mol. The van der Waals surface area contributed by atoms with E-state index in [2.05, 4.69) is 15.0 Å². The molecule has 0 saturated carbocycles. The molecule has 0 radical (unpaired) electrons. The fraction of sp³-hybridized carbons (Fsp3) is 0.538. The number of nitrogens with one attached hydrogen (secondary N) is 1. The predicted octanol–water partition coefficient (Wildman–Crippen LogP) is 0.624. The fourth-order valence-electron chi connectivity index (χ4n) is 1.88. The molecule has 104 valence electrons. The summed E-state index contributed by atoms with van der Waals surface area (Å²) in [6.07, 6.45) is 1.69. The van der Waals surface area contributed by atoms with Crippen LogP contribution in [0.3, 0.4) is 0 Å². The molecule has 2 rings (SSSR count). The molecule has 2 atom stereocenters. The van der Waals surface area contributed by atoms with Crippen LogP contribution in [0.25, 0.3) is 0 Å². The van der Waals surface area contributed by atoms with Crippen LogP contribution in [-0.4, -0.2) is 50.0 Å². The maximum absolute atomic E-state index is 11.4. The smallest absolute Gasteiger partial charge is 0.338 e. The van der Waals surface area contributed by atoms with Gasteiger partial charge in [0.05, 0.1) is 18.8 Å². The van der Waals surface area contributed by atoms with Crippen molar-refractivity contribution in [2.45, 2.75) is 19.1 Å². The normalized spacial score (nSPS) is 22.8. The molecule has 0 aliphatic carbocycles. The molecule has 0 aromatic carbocycles. The fourth-order valence-corrected chi connectivity index (χ4v) is 1.88. The molecule has 2 heterocycles. The Morgan fingerprint density at radius 2 is 2.42 bits per heavy atom. The highest BCUT2D eigenvalue weighted by Gasteiger charge is 2.19. The lowest BCUT2D eigenvalue weighted by Gasteiger charge is -2.28. The van der Waals surface area contributed by atoms with E-state index in [1.165, 1.54) is 13.3 Å². The predicted molar refractivity (Wildman–Crippen MR) is 68.3 cm³/mol. The molecular weight excluding hydrogens is 248 g/mol. The number of nitrogens with zero attached hydrogens (tertiary/aromatic N) is 1. The van der Waals surface area contributed by atoms with Crippen molar-refractivity contribution >= 4 is 5.97 Å². The molecule has 0 amide bonds. The molecule has 1 fully saturated rings. The molecule has 0 spiro atoms. The molecule has 1 aliphatic heterocycles. The largest absolute Gasteiger partial charge is 0.475 e. The van der Waals surface area contributed by atoms with Crippen molar-refractivity contribution in [3.05, 3.63) is 23.9 Å². The van der Waals surface area contributed by atoms with Crippen LogP contribution < -0.4 is 10.1 Å². The summed E-state index contributed by atoms with van der Waals surface area (Å²) in [5.41, 5.74) is 0.420. The Morgan fingerprint density at radius 3 is 3.16 bits per heavy atom. The van der Waals surface area contributed by atoms with Crippen LogP contribution in [-0.2, 0) is 9.47 Å². The number of aromatic nitrogens is 1. The number of carbonyl (C=O) groups is 1. The van der Waals surface area contributed by atoms with Gasteiger partial charge in [-0.3, -0.25) is 0 Å². The first-order chi connectivity index (χ1) is 9.19. The quantitative estimate of drug-likeness (QED) is 0.806. The minimum atomic E-state index is -0.406. The van der Waals surface area contributed by atoms with Gasteiger partial charge in [0.25, 0.3) is 0 Å². The Kier molecular flexibility index (Phi) is 4.70. The summed E-state index contributed by atoms with van der Waals surface area (Å²) in [6, 6.07) is 3.14. The highest BCUT2D eigenvalue weighted by molar-refractivity contribution is 5.89. The van der Waals surface area contributed by atoms with Crippen molar-refractivity contribution in [1.82, 2.24) is 10.3 Å². The highest BCUT2D eigenvalue weighted by atomic mass is 16.5. The van der Waals surface area contributed by atoms with Crippen LogP contribution in [0.4, 0.5) is 0 Å². The number of pyridine rings is 1. The van der Waals surface area contributed by atoms with Crippen LogP contribution in [0.1, 0.15) is 17.3 Å². The second kappa shape index (κ2) is 6.49. The van der Waals surface area contributed by atoms with Gasteiger partial charge >= 0.3 is 5.97 Å². The summed E-state index contributed by atoms with van der Waals surface area (Å²) in [5, 5.41) is 3.26. The topological polar surface area (TPSA) is 69.7 Å². The summed E-state index contributed by atoms with van der Waals surface area (Å²) in [4.78, 5) is 15.4. The van der Waals surface area contributed by atoms with Crippen LogP contribution in [0.15, 0.2) is 18.3 Å². The molecule has 0 bridgehead atoms. The maximum Gasteiger partial charge on any atom is 0.338 e. The second-order valence-corrected chi connectivity index (χ2v) is 4.41. The van der Waals surface area contributed by atoms with Crippen molar-refractivity contribution in [2.75, 3.05) is 26.8 Å². The Labute approximate surface area is 112 Å². The summed E-state index contributed by atoms with van der Waals surface area (Å²) < 4.78 is 15.9. The third-order valence-electron chi connectivity index (χ3n) is 2.80. The van der Waals surface area contributed by atoms with Crippen molar-refractivity contribution in [2.24, 2.45) is 0 Å². The van der Waals surface area contributed by atoms with Gasteiger partial charge in [-0.15, -0.1) is 0 Å².